The van der Waals surface area contributed by atoms with Crippen molar-refractivity contribution in [2.45, 2.75) is 25.3 Å². The third-order valence-electron chi connectivity index (χ3n) is 4.53. The lowest BCUT2D eigenvalue weighted by Crippen LogP contribution is -2.28. The van der Waals surface area contributed by atoms with E-state index in [-0.39, 0.29) is 17.4 Å². The molecule has 3 aromatic carbocycles. The quantitative estimate of drug-likeness (QED) is 0.485. The molecule has 32 heavy (non-hydrogen) atoms. The van der Waals surface area contributed by atoms with Crippen LogP contribution in [0.5, 0.6) is 11.5 Å². The number of hydrogen-bond acceptors (Lipinski definition) is 5. The topological polar surface area (TPSA) is 93.7 Å². The van der Waals surface area contributed by atoms with Crippen LogP contribution in [-0.4, -0.2) is 27.5 Å². The van der Waals surface area contributed by atoms with Gasteiger partial charge in [0, 0.05) is 12.2 Å². The van der Waals surface area contributed by atoms with E-state index in [0.717, 1.165) is 11.1 Å². The highest BCUT2D eigenvalue weighted by molar-refractivity contribution is 7.92. The highest BCUT2D eigenvalue weighted by atomic mass is 32.2. The molecule has 0 aliphatic rings. The van der Waals surface area contributed by atoms with Crippen molar-refractivity contribution in [3.8, 4) is 11.5 Å². The van der Waals surface area contributed by atoms with Crippen LogP contribution in [0.25, 0.3) is 0 Å². The molecule has 0 saturated heterocycles. The van der Waals surface area contributed by atoms with E-state index in [9.17, 15) is 13.2 Å². The first-order valence-electron chi connectivity index (χ1n) is 10.2. The lowest BCUT2D eigenvalue weighted by Gasteiger charge is -2.11. The lowest BCUT2D eigenvalue weighted by molar-refractivity contribution is -0.123. The van der Waals surface area contributed by atoms with E-state index in [1.54, 1.807) is 24.3 Å². The first-order chi connectivity index (χ1) is 15.4. The van der Waals surface area contributed by atoms with Gasteiger partial charge in [-0.05, 0) is 67.9 Å². The number of anilines is 1. The molecule has 0 unspecified atom stereocenters. The molecule has 0 bridgehead atoms. The predicted molar refractivity (Wildman–Crippen MR) is 123 cm³/mol. The maximum Gasteiger partial charge on any atom is 0.261 e. The molecule has 0 radical (unpaired) electrons. The Morgan fingerprint density at radius 1 is 0.844 bits per heavy atom. The Balaban J connectivity index is 1.51. The molecular weight excluding hydrogens is 428 g/mol. The zero-order valence-corrected chi connectivity index (χ0v) is 18.8. The molecule has 1 amide bonds. The van der Waals surface area contributed by atoms with Crippen LogP contribution in [0.15, 0.2) is 77.7 Å². The minimum absolute atomic E-state index is 0.0857. The normalized spacial score (nSPS) is 10.9. The van der Waals surface area contributed by atoms with Crippen molar-refractivity contribution >= 4 is 21.6 Å². The van der Waals surface area contributed by atoms with Gasteiger partial charge in [-0.2, -0.15) is 0 Å². The Hall–Kier alpha value is -3.52. The number of nitrogens with one attached hydrogen (secondary N) is 2. The van der Waals surface area contributed by atoms with Crippen LogP contribution >= 0.6 is 0 Å². The second-order valence-corrected chi connectivity index (χ2v) is 8.77. The van der Waals surface area contributed by atoms with Gasteiger partial charge in [0.15, 0.2) is 6.61 Å². The molecule has 0 aliphatic carbocycles. The van der Waals surface area contributed by atoms with E-state index in [1.807, 2.05) is 38.1 Å². The van der Waals surface area contributed by atoms with Crippen molar-refractivity contribution in [2.24, 2.45) is 0 Å². The van der Waals surface area contributed by atoms with Crippen LogP contribution < -0.4 is 19.5 Å². The lowest BCUT2D eigenvalue weighted by atomic mass is 10.1. The van der Waals surface area contributed by atoms with Gasteiger partial charge in [-0.15, -0.1) is 0 Å². The van der Waals surface area contributed by atoms with Crippen molar-refractivity contribution in [1.82, 2.24) is 5.32 Å². The van der Waals surface area contributed by atoms with Crippen LogP contribution in [-0.2, 0) is 21.4 Å². The van der Waals surface area contributed by atoms with Gasteiger partial charge < -0.3 is 14.8 Å². The molecular formula is C24H26N2O5S. The van der Waals surface area contributed by atoms with E-state index in [4.69, 9.17) is 9.47 Å². The summed E-state index contributed by atoms with van der Waals surface area (Å²) < 4.78 is 38.5. The van der Waals surface area contributed by atoms with Gasteiger partial charge >= 0.3 is 0 Å². The number of aryl methyl sites for hydroxylation is 1. The summed E-state index contributed by atoms with van der Waals surface area (Å²) >= 11 is 0. The third kappa shape index (κ3) is 6.75. The molecule has 0 aromatic heterocycles. The van der Waals surface area contributed by atoms with Crippen molar-refractivity contribution in [3.05, 3.63) is 83.9 Å². The summed E-state index contributed by atoms with van der Waals surface area (Å²) in [7, 11) is -3.75. The molecule has 0 heterocycles. The highest BCUT2D eigenvalue weighted by Crippen LogP contribution is 2.21. The van der Waals surface area contributed by atoms with Crippen molar-refractivity contribution < 1.29 is 22.7 Å². The highest BCUT2D eigenvalue weighted by Gasteiger charge is 2.14. The first kappa shape index (κ1) is 23.1. The van der Waals surface area contributed by atoms with Crippen LogP contribution in [0.2, 0.25) is 0 Å². The first-order valence-corrected chi connectivity index (χ1v) is 11.6. The standard InChI is InChI=1S/C24H26N2O5S/c1-3-30-21-10-8-20(9-11-21)26-32(28,29)23-14-12-22(13-15-23)31-17-24(27)25-16-19-6-4-18(2)5-7-19/h4-15,26H,3,16-17H2,1-2H3,(H,25,27). The molecule has 168 valence electrons. The van der Waals surface area contributed by atoms with E-state index in [0.29, 0.717) is 30.3 Å². The van der Waals surface area contributed by atoms with Crippen molar-refractivity contribution in [1.29, 1.82) is 0 Å². The number of rotatable bonds is 10. The Kier molecular flexibility index (Phi) is 7.72. The average Bonchev–Trinajstić information content (AvgIpc) is 2.79. The van der Waals surface area contributed by atoms with Gasteiger partial charge in [0.25, 0.3) is 15.9 Å². The second-order valence-electron chi connectivity index (χ2n) is 7.09. The Bertz CT molecular complexity index is 1130. The predicted octanol–water partition coefficient (Wildman–Crippen LogP) is 3.89. The summed E-state index contributed by atoms with van der Waals surface area (Å²) in [6.45, 7) is 4.66. The third-order valence-corrected chi connectivity index (χ3v) is 5.93. The van der Waals surface area contributed by atoms with Crippen LogP contribution in [0.1, 0.15) is 18.1 Å². The number of carbonyl (C=O) groups excluding carboxylic acids is 1. The monoisotopic (exact) mass is 454 g/mol. The van der Waals surface area contributed by atoms with Gasteiger partial charge in [0.2, 0.25) is 0 Å². The molecule has 0 aliphatic heterocycles. The van der Waals surface area contributed by atoms with Gasteiger partial charge in [0.05, 0.1) is 11.5 Å². The number of carbonyl (C=O) groups is 1. The average molecular weight is 455 g/mol. The van der Waals surface area contributed by atoms with E-state index in [2.05, 4.69) is 10.0 Å². The van der Waals surface area contributed by atoms with E-state index in [1.165, 1.54) is 24.3 Å². The number of ether oxygens (including phenoxy) is 2. The summed E-state index contributed by atoms with van der Waals surface area (Å²) in [6.07, 6.45) is 0. The number of amides is 1. The minimum atomic E-state index is -3.75. The second kappa shape index (κ2) is 10.7. The molecule has 3 aromatic rings. The van der Waals surface area contributed by atoms with Crippen molar-refractivity contribution in [3.63, 3.8) is 0 Å². The molecule has 8 heteroatoms. The van der Waals surface area contributed by atoms with Crippen molar-refractivity contribution in [2.75, 3.05) is 17.9 Å². The van der Waals surface area contributed by atoms with Gasteiger partial charge in [0.1, 0.15) is 11.5 Å². The molecule has 0 saturated carbocycles. The molecule has 0 spiro atoms. The molecule has 3 rings (SSSR count). The summed E-state index contributed by atoms with van der Waals surface area (Å²) in [5, 5.41) is 2.78. The summed E-state index contributed by atoms with van der Waals surface area (Å²) in [4.78, 5) is 12.1. The maximum atomic E-state index is 12.6. The molecule has 2 N–H and O–H groups in total. The Labute approximate surface area is 188 Å². The fourth-order valence-corrected chi connectivity index (χ4v) is 3.88. The fraction of sp³-hybridized carbons (Fsp3) is 0.208. The fourth-order valence-electron chi connectivity index (χ4n) is 2.82. The zero-order valence-electron chi connectivity index (χ0n) is 18.0. The van der Waals surface area contributed by atoms with E-state index >= 15 is 0 Å². The number of benzene rings is 3. The van der Waals surface area contributed by atoms with Gasteiger partial charge in [-0.3, -0.25) is 9.52 Å². The minimum Gasteiger partial charge on any atom is -0.494 e. The molecule has 0 fully saturated rings. The smallest absolute Gasteiger partial charge is 0.261 e. The molecule has 0 atom stereocenters. The maximum absolute atomic E-state index is 12.6. The van der Waals surface area contributed by atoms with Crippen LogP contribution in [0.3, 0.4) is 0 Å². The van der Waals surface area contributed by atoms with Crippen LogP contribution in [0, 0.1) is 6.92 Å². The zero-order chi connectivity index (χ0) is 23.0. The molecule has 7 nitrogen and oxygen atoms in total. The van der Waals surface area contributed by atoms with E-state index < -0.39 is 10.0 Å². The van der Waals surface area contributed by atoms with Gasteiger partial charge in [-0.1, -0.05) is 29.8 Å². The number of hydrogen-bond donors (Lipinski definition) is 2. The Morgan fingerprint density at radius 3 is 2.06 bits per heavy atom. The summed E-state index contributed by atoms with van der Waals surface area (Å²) in [6, 6.07) is 20.4. The summed E-state index contributed by atoms with van der Waals surface area (Å²) in [5.41, 5.74) is 2.58. The largest absolute Gasteiger partial charge is 0.494 e. The summed E-state index contributed by atoms with van der Waals surface area (Å²) in [5.74, 6) is 0.801. The number of sulfonamides is 1. The SMILES string of the molecule is CCOc1ccc(NS(=O)(=O)c2ccc(OCC(=O)NCc3ccc(C)cc3)cc2)cc1. The van der Waals surface area contributed by atoms with Gasteiger partial charge in [-0.25, -0.2) is 8.42 Å². The van der Waals surface area contributed by atoms with Crippen LogP contribution in [0.4, 0.5) is 5.69 Å². The Morgan fingerprint density at radius 2 is 1.44 bits per heavy atom.